The molecule has 0 aliphatic carbocycles. The maximum atomic E-state index is 11.7. The quantitative estimate of drug-likeness (QED) is 0.474. The topological polar surface area (TPSA) is 120 Å². The Balaban J connectivity index is 2.43. The highest BCUT2D eigenvalue weighted by Gasteiger charge is 2.08. The van der Waals surface area contributed by atoms with Crippen molar-refractivity contribution in [2.45, 2.75) is 6.54 Å². The molecule has 0 atom stereocenters. The molecule has 5 N–H and O–H groups in total. The van der Waals surface area contributed by atoms with Crippen molar-refractivity contribution in [3.05, 3.63) is 29.8 Å². The van der Waals surface area contributed by atoms with Crippen molar-refractivity contribution in [1.82, 2.24) is 16.0 Å². The minimum absolute atomic E-state index is 0.298. The van der Waals surface area contributed by atoms with Crippen LogP contribution in [0.3, 0.4) is 0 Å². The second-order valence-electron chi connectivity index (χ2n) is 4.17. The van der Waals surface area contributed by atoms with Crippen LogP contribution in [0.4, 0.5) is 10.5 Å². The molecule has 8 nitrogen and oxygen atoms in total. The van der Waals surface area contributed by atoms with E-state index < -0.39 is 24.5 Å². The molecule has 0 aliphatic heterocycles. The van der Waals surface area contributed by atoms with Crippen LogP contribution in [0.2, 0.25) is 0 Å². The van der Waals surface area contributed by atoms with E-state index in [4.69, 9.17) is 5.11 Å². The molecule has 21 heavy (non-hydrogen) atoms. The number of para-hydroxylation sites is 1. The zero-order chi connectivity index (χ0) is 15.7. The van der Waals surface area contributed by atoms with Crippen LogP contribution in [0.15, 0.2) is 24.3 Å². The average molecular weight is 294 g/mol. The van der Waals surface area contributed by atoms with Gasteiger partial charge in [-0.05, 0) is 18.7 Å². The Hall–Kier alpha value is -2.61. The Morgan fingerprint density at radius 3 is 2.48 bits per heavy atom. The van der Waals surface area contributed by atoms with E-state index in [1.54, 1.807) is 19.2 Å². The number of carbonyl (C=O) groups excluding carboxylic acids is 2. The number of nitrogens with one attached hydrogen (secondary N) is 4. The molecule has 0 saturated heterocycles. The number of amides is 3. The molecular formula is C13H18N4O4. The predicted octanol–water partition coefficient (Wildman–Crippen LogP) is -0.272. The molecule has 0 saturated carbocycles. The number of carboxylic acids is 1. The number of carbonyl (C=O) groups is 3. The molecule has 0 bridgehead atoms. The largest absolute Gasteiger partial charge is 0.480 e. The summed E-state index contributed by atoms with van der Waals surface area (Å²) in [6.07, 6.45) is 0. The van der Waals surface area contributed by atoms with Gasteiger partial charge in [-0.2, -0.15) is 0 Å². The van der Waals surface area contributed by atoms with E-state index in [1.807, 2.05) is 12.1 Å². The van der Waals surface area contributed by atoms with E-state index >= 15 is 0 Å². The summed E-state index contributed by atoms with van der Waals surface area (Å²) in [5.74, 6) is -1.72. The van der Waals surface area contributed by atoms with Crippen molar-refractivity contribution in [2.24, 2.45) is 0 Å². The van der Waals surface area contributed by atoms with Gasteiger partial charge in [0, 0.05) is 12.2 Å². The van der Waals surface area contributed by atoms with Gasteiger partial charge in [-0.15, -0.1) is 0 Å². The molecule has 8 heteroatoms. The van der Waals surface area contributed by atoms with Crippen molar-refractivity contribution in [1.29, 1.82) is 0 Å². The number of hydrogen-bond acceptors (Lipinski definition) is 4. The lowest BCUT2D eigenvalue weighted by molar-refractivity contribution is -0.137. The number of hydrogen-bond donors (Lipinski definition) is 5. The zero-order valence-electron chi connectivity index (χ0n) is 11.6. The third-order valence-electron chi connectivity index (χ3n) is 2.48. The first-order valence-electron chi connectivity index (χ1n) is 6.28. The summed E-state index contributed by atoms with van der Waals surface area (Å²) < 4.78 is 0. The summed E-state index contributed by atoms with van der Waals surface area (Å²) in [5, 5.41) is 18.5. The summed E-state index contributed by atoms with van der Waals surface area (Å²) in [5.41, 5.74) is 1.54. The van der Waals surface area contributed by atoms with Crippen LogP contribution in [-0.4, -0.2) is 43.2 Å². The molecule has 0 heterocycles. The molecule has 0 radical (unpaired) electrons. The fraction of sp³-hybridized carbons (Fsp3) is 0.308. The van der Waals surface area contributed by atoms with E-state index in [-0.39, 0.29) is 6.54 Å². The molecule has 0 fully saturated rings. The lowest BCUT2D eigenvalue weighted by atomic mass is 10.2. The van der Waals surface area contributed by atoms with Crippen LogP contribution < -0.4 is 21.3 Å². The van der Waals surface area contributed by atoms with Crippen molar-refractivity contribution in [3.63, 3.8) is 0 Å². The van der Waals surface area contributed by atoms with Crippen LogP contribution in [0, 0.1) is 0 Å². The maximum absolute atomic E-state index is 11.7. The Morgan fingerprint density at radius 2 is 1.81 bits per heavy atom. The van der Waals surface area contributed by atoms with Crippen molar-refractivity contribution in [3.8, 4) is 0 Å². The second kappa shape index (κ2) is 8.54. The van der Waals surface area contributed by atoms with E-state index in [1.165, 1.54) is 0 Å². The molecule has 0 unspecified atom stereocenters. The number of rotatable bonds is 7. The fourth-order valence-electron chi connectivity index (χ4n) is 1.55. The van der Waals surface area contributed by atoms with Crippen molar-refractivity contribution >= 4 is 23.6 Å². The highest BCUT2D eigenvalue weighted by molar-refractivity contribution is 5.93. The lowest BCUT2D eigenvalue weighted by Gasteiger charge is -2.11. The van der Waals surface area contributed by atoms with Crippen LogP contribution in [0.25, 0.3) is 0 Å². The second-order valence-corrected chi connectivity index (χ2v) is 4.17. The number of aliphatic carboxylic acids is 1. The summed E-state index contributed by atoms with van der Waals surface area (Å²) >= 11 is 0. The van der Waals surface area contributed by atoms with E-state index in [0.717, 1.165) is 5.56 Å². The standard InChI is InChI=1S/C13H18N4O4/c1-14-6-9-4-2-3-5-10(9)17-13(21)16-7-11(18)15-8-12(19)20/h2-5,14H,6-8H2,1H3,(H,15,18)(H,19,20)(H2,16,17,21). The first-order valence-corrected chi connectivity index (χ1v) is 6.28. The van der Waals surface area contributed by atoms with Gasteiger partial charge in [0.15, 0.2) is 0 Å². The highest BCUT2D eigenvalue weighted by Crippen LogP contribution is 2.14. The van der Waals surface area contributed by atoms with Gasteiger partial charge in [0.05, 0.1) is 6.54 Å². The molecule has 3 amide bonds. The van der Waals surface area contributed by atoms with Gasteiger partial charge in [-0.1, -0.05) is 18.2 Å². The van der Waals surface area contributed by atoms with Gasteiger partial charge >= 0.3 is 12.0 Å². The monoisotopic (exact) mass is 294 g/mol. The van der Waals surface area contributed by atoms with Gasteiger partial charge in [0.1, 0.15) is 6.54 Å². The fourth-order valence-corrected chi connectivity index (χ4v) is 1.55. The molecule has 0 spiro atoms. The normalized spacial score (nSPS) is 9.76. The first kappa shape index (κ1) is 16.4. The number of benzene rings is 1. The Morgan fingerprint density at radius 1 is 1.10 bits per heavy atom. The van der Waals surface area contributed by atoms with Gasteiger partial charge < -0.3 is 26.4 Å². The van der Waals surface area contributed by atoms with Crippen LogP contribution in [0.5, 0.6) is 0 Å². The molecule has 114 valence electrons. The predicted molar refractivity (Wildman–Crippen MR) is 76.9 cm³/mol. The van der Waals surface area contributed by atoms with Gasteiger partial charge in [-0.3, -0.25) is 9.59 Å². The first-order chi connectivity index (χ1) is 10.0. The Kier molecular flexibility index (Phi) is 6.69. The third kappa shape index (κ3) is 6.39. The molecule has 0 aromatic heterocycles. The number of anilines is 1. The SMILES string of the molecule is CNCc1ccccc1NC(=O)NCC(=O)NCC(=O)O. The maximum Gasteiger partial charge on any atom is 0.322 e. The average Bonchev–Trinajstić information content (AvgIpc) is 2.45. The summed E-state index contributed by atoms with van der Waals surface area (Å²) in [4.78, 5) is 33.2. The molecule has 0 aliphatic rings. The van der Waals surface area contributed by atoms with E-state index in [2.05, 4.69) is 21.3 Å². The number of urea groups is 1. The minimum Gasteiger partial charge on any atom is -0.480 e. The van der Waals surface area contributed by atoms with Crippen molar-refractivity contribution < 1.29 is 19.5 Å². The lowest BCUT2D eigenvalue weighted by Crippen LogP contribution is -2.40. The molecule has 1 aromatic rings. The Labute approximate surface area is 121 Å². The van der Waals surface area contributed by atoms with Crippen molar-refractivity contribution in [2.75, 3.05) is 25.5 Å². The van der Waals surface area contributed by atoms with Crippen LogP contribution in [-0.2, 0) is 16.1 Å². The van der Waals surface area contributed by atoms with E-state index in [9.17, 15) is 14.4 Å². The number of carboxylic acid groups (broad SMARTS) is 1. The third-order valence-corrected chi connectivity index (χ3v) is 2.48. The molecular weight excluding hydrogens is 276 g/mol. The van der Waals surface area contributed by atoms with Gasteiger partial charge in [-0.25, -0.2) is 4.79 Å². The zero-order valence-corrected chi connectivity index (χ0v) is 11.6. The van der Waals surface area contributed by atoms with Crippen LogP contribution in [0.1, 0.15) is 5.56 Å². The Bertz CT molecular complexity index is 519. The highest BCUT2D eigenvalue weighted by atomic mass is 16.4. The van der Waals surface area contributed by atoms with Gasteiger partial charge in [0.25, 0.3) is 0 Å². The summed E-state index contributed by atoms with van der Waals surface area (Å²) in [7, 11) is 1.80. The smallest absolute Gasteiger partial charge is 0.322 e. The molecule has 1 rings (SSSR count). The van der Waals surface area contributed by atoms with Crippen LogP contribution >= 0.6 is 0 Å². The van der Waals surface area contributed by atoms with Gasteiger partial charge in [0.2, 0.25) is 5.91 Å². The summed E-state index contributed by atoms with van der Waals surface area (Å²) in [6.45, 7) is -0.185. The van der Waals surface area contributed by atoms with E-state index in [0.29, 0.717) is 12.2 Å². The molecule has 1 aromatic carbocycles. The summed E-state index contributed by atoms with van der Waals surface area (Å²) in [6, 6.07) is 6.72. The minimum atomic E-state index is -1.14.